The summed E-state index contributed by atoms with van der Waals surface area (Å²) in [4.78, 5) is 17.0. The molecule has 0 N–H and O–H groups in total. The second-order valence-corrected chi connectivity index (χ2v) is 8.12. The van der Waals surface area contributed by atoms with Gasteiger partial charge in [-0.15, -0.1) is 11.8 Å². The minimum Gasteiger partial charge on any atom is -0.493 e. The van der Waals surface area contributed by atoms with E-state index in [0.717, 1.165) is 17.0 Å². The quantitative estimate of drug-likeness (QED) is 0.417. The first-order valence-corrected chi connectivity index (χ1v) is 11.0. The Labute approximate surface area is 181 Å². The molecule has 0 radical (unpaired) electrons. The molecule has 5 nitrogen and oxygen atoms in total. The Hall–Kier alpha value is -2.73. The number of Topliss-reactive ketones (excluding diaryl/α,β-unsaturated/α-hetero) is 1. The van der Waals surface area contributed by atoms with Crippen molar-refractivity contribution in [1.29, 1.82) is 0 Å². The van der Waals surface area contributed by atoms with E-state index in [2.05, 4.69) is 24.0 Å². The number of aromatic nitrogens is 1. The molecule has 3 rings (SSSR count). The molecule has 0 aliphatic carbocycles. The van der Waals surface area contributed by atoms with Crippen molar-refractivity contribution in [3.8, 4) is 23.0 Å². The molecule has 1 unspecified atom stereocenters. The summed E-state index contributed by atoms with van der Waals surface area (Å²) >= 11 is 1.57. The predicted molar refractivity (Wildman–Crippen MR) is 120 cm³/mol. The third kappa shape index (κ3) is 5.45. The number of hydrogen-bond acceptors (Lipinski definition) is 6. The Morgan fingerprint density at radius 1 is 1.10 bits per heavy atom. The van der Waals surface area contributed by atoms with Gasteiger partial charge in [0.05, 0.1) is 25.7 Å². The van der Waals surface area contributed by atoms with E-state index in [-0.39, 0.29) is 11.7 Å². The number of methoxy groups -OCH3 is 2. The van der Waals surface area contributed by atoms with E-state index >= 15 is 0 Å². The zero-order valence-electron chi connectivity index (χ0n) is 17.8. The Bertz CT molecular complexity index is 984. The van der Waals surface area contributed by atoms with Gasteiger partial charge in [-0.05, 0) is 36.6 Å². The van der Waals surface area contributed by atoms with Crippen molar-refractivity contribution in [1.82, 2.24) is 4.98 Å². The summed E-state index contributed by atoms with van der Waals surface area (Å²) in [6.07, 6.45) is 0.547. The number of carbonyl (C=O) groups excluding carboxylic acids is 1. The molecular weight excluding hydrogens is 398 g/mol. The molecule has 2 aromatic carbocycles. The SMILES string of the molecule is COc1ccc(-c2nc(CSCC(=O)CC(C)c3ccccc3)c(C)o2)cc1OC. The number of thioether (sulfide) groups is 1. The van der Waals surface area contributed by atoms with Crippen LogP contribution in [-0.4, -0.2) is 30.7 Å². The van der Waals surface area contributed by atoms with Gasteiger partial charge in [-0.2, -0.15) is 0 Å². The standard InChI is InChI=1S/C24H27NO4S/c1-16(18-8-6-5-7-9-18)12-20(26)14-30-15-21-17(2)29-24(25-21)19-10-11-22(27-3)23(13-19)28-4/h5-11,13,16H,12,14-15H2,1-4H3. The van der Waals surface area contributed by atoms with Gasteiger partial charge in [0.25, 0.3) is 0 Å². The monoisotopic (exact) mass is 425 g/mol. The van der Waals surface area contributed by atoms with Crippen molar-refractivity contribution in [2.24, 2.45) is 0 Å². The van der Waals surface area contributed by atoms with Gasteiger partial charge in [0.1, 0.15) is 11.5 Å². The largest absolute Gasteiger partial charge is 0.493 e. The van der Waals surface area contributed by atoms with Crippen LogP contribution in [0.5, 0.6) is 11.5 Å². The highest BCUT2D eigenvalue weighted by Gasteiger charge is 2.15. The molecular formula is C24H27NO4S. The topological polar surface area (TPSA) is 61.6 Å². The lowest BCUT2D eigenvalue weighted by Gasteiger charge is -2.10. The molecule has 0 aliphatic heterocycles. The van der Waals surface area contributed by atoms with Crippen molar-refractivity contribution in [2.75, 3.05) is 20.0 Å². The number of hydrogen-bond donors (Lipinski definition) is 0. The van der Waals surface area contributed by atoms with Gasteiger partial charge in [-0.25, -0.2) is 4.98 Å². The third-order valence-corrected chi connectivity index (χ3v) is 5.93. The van der Waals surface area contributed by atoms with Gasteiger partial charge >= 0.3 is 0 Å². The Morgan fingerprint density at radius 3 is 2.53 bits per heavy atom. The van der Waals surface area contributed by atoms with Gasteiger partial charge in [-0.3, -0.25) is 4.79 Å². The molecule has 3 aromatic rings. The molecule has 0 saturated heterocycles. The zero-order valence-corrected chi connectivity index (χ0v) is 18.6. The van der Waals surface area contributed by atoms with Crippen LogP contribution in [0.25, 0.3) is 11.5 Å². The summed E-state index contributed by atoms with van der Waals surface area (Å²) in [6.45, 7) is 3.99. The maximum absolute atomic E-state index is 12.4. The van der Waals surface area contributed by atoms with Crippen LogP contribution in [0.15, 0.2) is 52.9 Å². The number of aryl methyl sites for hydroxylation is 1. The number of oxazole rings is 1. The van der Waals surface area contributed by atoms with Crippen LogP contribution in [0.1, 0.15) is 36.3 Å². The van der Waals surface area contributed by atoms with Crippen molar-refractivity contribution in [3.05, 3.63) is 65.5 Å². The maximum atomic E-state index is 12.4. The fraction of sp³-hybridized carbons (Fsp3) is 0.333. The van der Waals surface area contributed by atoms with E-state index in [1.807, 2.05) is 43.3 Å². The predicted octanol–water partition coefficient (Wildman–Crippen LogP) is 5.66. The molecule has 0 saturated carbocycles. The van der Waals surface area contributed by atoms with E-state index < -0.39 is 0 Å². The summed E-state index contributed by atoms with van der Waals surface area (Å²) in [6, 6.07) is 15.7. The van der Waals surface area contributed by atoms with Gasteiger partial charge in [0.15, 0.2) is 11.5 Å². The van der Waals surface area contributed by atoms with Crippen LogP contribution in [0, 0.1) is 6.92 Å². The van der Waals surface area contributed by atoms with Crippen LogP contribution in [0.4, 0.5) is 0 Å². The van der Waals surface area contributed by atoms with Crippen LogP contribution in [0.3, 0.4) is 0 Å². The Morgan fingerprint density at radius 2 is 1.83 bits per heavy atom. The van der Waals surface area contributed by atoms with Crippen molar-refractivity contribution < 1.29 is 18.7 Å². The fourth-order valence-corrected chi connectivity index (χ4v) is 4.12. The number of rotatable bonds is 10. The second-order valence-electron chi connectivity index (χ2n) is 7.14. The van der Waals surface area contributed by atoms with Gasteiger partial charge in [0.2, 0.25) is 5.89 Å². The first-order valence-electron chi connectivity index (χ1n) is 9.85. The number of nitrogens with zero attached hydrogens (tertiary/aromatic N) is 1. The van der Waals surface area contributed by atoms with E-state index in [1.54, 1.807) is 26.0 Å². The molecule has 0 fully saturated rings. The minimum absolute atomic E-state index is 0.227. The van der Waals surface area contributed by atoms with E-state index in [0.29, 0.717) is 35.3 Å². The van der Waals surface area contributed by atoms with E-state index in [1.165, 1.54) is 5.56 Å². The molecule has 1 heterocycles. The molecule has 1 aromatic heterocycles. The Balaban J connectivity index is 1.57. The lowest BCUT2D eigenvalue weighted by Crippen LogP contribution is -2.07. The number of carbonyl (C=O) groups is 1. The van der Waals surface area contributed by atoms with Crippen molar-refractivity contribution in [3.63, 3.8) is 0 Å². The first-order chi connectivity index (χ1) is 14.5. The molecule has 30 heavy (non-hydrogen) atoms. The molecule has 0 aliphatic rings. The third-order valence-electron chi connectivity index (χ3n) is 4.93. The molecule has 0 amide bonds. The summed E-state index contributed by atoms with van der Waals surface area (Å²) < 4.78 is 16.5. The molecule has 6 heteroatoms. The molecule has 1 atom stereocenters. The van der Waals surface area contributed by atoms with Gasteiger partial charge < -0.3 is 13.9 Å². The number of ether oxygens (including phenoxy) is 2. The van der Waals surface area contributed by atoms with E-state index in [4.69, 9.17) is 13.9 Å². The summed E-state index contributed by atoms with van der Waals surface area (Å²) in [7, 11) is 3.20. The average Bonchev–Trinajstić information content (AvgIpc) is 3.14. The minimum atomic E-state index is 0.227. The Kier molecular flexibility index (Phi) is 7.57. The lowest BCUT2D eigenvalue weighted by atomic mass is 9.96. The van der Waals surface area contributed by atoms with Gasteiger partial charge in [-0.1, -0.05) is 37.3 Å². The average molecular weight is 426 g/mol. The molecule has 0 spiro atoms. The second kappa shape index (κ2) is 10.3. The zero-order chi connectivity index (χ0) is 21.5. The smallest absolute Gasteiger partial charge is 0.226 e. The summed E-state index contributed by atoms with van der Waals surface area (Å²) in [5, 5.41) is 0. The fourth-order valence-electron chi connectivity index (χ4n) is 3.22. The van der Waals surface area contributed by atoms with Gasteiger partial charge in [0, 0.05) is 17.7 Å². The first kappa shape index (κ1) is 22.0. The highest BCUT2D eigenvalue weighted by molar-refractivity contribution is 7.99. The van der Waals surface area contributed by atoms with Crippen molar-refractivity contribution >= 4 is 17.5 Å². The van der Waals surface area contributed by atoms with E-state index in [9.17, 15) is 4.79 Å². The molecule has 158 valence electrons. The normalized spacial score (nSPS) is 11.9. The highest BCUT2D eigenvalue weighted by Crippen LogP contribution is 2.33. The van der Waals surface area contributed by atoms with Crippen molar-refractivity contribution in [2.45, 2.75) is 31.9 Å². The summed E-state index contributed by atoms with van der Waals surface area (Å²) in [5.74, 6) is 4.15. The number of ketones is 1. The lowest BCUT2D eigenvalue weighted by molar-refractivity contribution is -0.116. The van der Waals surface area contributed by atoms with Crippen LogP contribution >= 0.6 is 11.8 Å². The number of benzene rings is 2. The highest BCUT2D eigenvalue weighted by atomic mass is 32.2. The molecule has 0 bridgehead atoms. The van der Waals surface area contributed by atoms with Crippen LogP contribution in [-0.2, 0) is 10.5 Å². The van der Waals surface area contributed by atoms with Crippen LogP contribution in [0.2, 0.25) is 0 Å². The van der Waals surface area contributed by atoms with Crippen LogP contribution < -0.4 is 9.47 Å². The summed E-state index contributed by atoms with van der Waals surface area (Å²) in [5.41, 5.74) is 2.87. The maximum Gasteiger partial charge on any atom is 0.226 e.